The molecule has 0 heterocycles. The van der Waals surface area contributed by atoms with E-state index in [1.165, 1.54) is 5.17 Å². The van der Waals surface area contributed by atoms with Crippen LogP contribution in [0.1, 0.15) is 6.42 Å². The van der Waals surface area contributed by atoms with E-state index < -0.39 is 4.33 Å². The maximum atomic E-state index is 5.85. The SMILES string of the molecule is ClC1(Cl)CC1COCC(I)=C(I)I. The fourth-order valence-corrected chi connectivity index (χ4v) is 1.83. The zero-order valence-electron chi connectivity index (χ0n) is 6.50. The summed E-state index contributed by atoms with van der Waals surface area (Å²) >= 11 is 18.5. The molecule has 0 N–H and O–H groups in total. The van der Waals surface area contributed by atoms with Gasteiger partial charge in [-0.1, -0.05) is 0 Å². The maximum absolute atomic E-state index is 5.85. The van der Waals surface area contributed by atoms with Crippen LogP contribution in [0.5, 0.6) is 0 Å². The van der Waals surface area contributed by atoms with Crippen LogP contribution in [0.4, 0.5) is 0 Å². The van der Waals surface area contributed by atoms with Gasteiger partial charge in [0.2, 0.25) is 0 Å². The summed E-state index contributed by atoms with van der Waals surface area (Å²) in [5.41, 5.74) is 0. The first-order valence-corrected chi connectivity index (χ1v) is 7.58. The highest BCUT2D eigenvalue weighted by molar-refractivity contribution is 14.2. The molecule has 1 aliphatic carbocycles. The minimum atomic E-state index is -0.507. The highest BCUT2D eigenvalue weighted by Crippen LogP contribution is 2.53. The molecule has 76 valence electrons. The molecule has 0 aromatic carbocycles. The van der Waals surface area contributed by atoms with Crippen LogP contribution in [0.15, 0.2) is 5.17 Å². The number of ether oxygens (including phenoxy) is 1. The third kappa shape index (κ3) is 4.88. The van der Waals surface area contributed by atoms with Crippen molar-refractivity contribution >= 4 is 91.0 Å². The highest BCUT2D eigenvalue weighted by atomic mass is 127. The van der Waals surface area contributed by atoms with Crippen molar-refractivity contribution in [3.05, 3.63) is 5.17 Å². The van der Waals surface area contributed by atoms with Crippen LogP contribution in [-0.2, 0) is 4.74 Å². The number of alkyl halides is 2. The summed E-state index contributed by atoms with van der Waals surface area (Å²) in [6.45, 7) is 1.34. The first kappa shape index (κ1) is 13.5. The molecule has 1 rings (SSSR count). The molecule has 0 saturated heterocycles. The molecule has 0 spiro atoms. The van der Waals surface area contributed by atoms with Crippen molar-refractivity contribution in [2.75, 3.05) is 13.2 Å². The Hall–Kier alpha value is 2.47. The van der Waals surface area contributed by atoms with Crippen molar-refractivity contribution < 1.29 is 4.74 Å². The Balaban J connectivity index is 2.13. The lowest BCUT2D eigenvalue weighted by Crippen LogP contribution is -2.03. The van der Waals surface area contributed by atoms with E-state index in [1.807, 2.05) is 0 Å². The molecule has 6 heteroatoms. The summed E-state index contributed by atoms with van der Waals surface area (Å²) in [6, 6.07) is 0. The van der Waals surface area contributed by atoms with Crippen molar-refractivity contribution in [3.63, 3.8) is 0 Å². The van der Waals surface area contributed by atoms with Gasteiger partial charge in [0.1, 0.15) is 4.33 Å². The largest absolute Gasteiger partial charge is 0.376 e. The third-order valence-electron chi connectivity index (χ3n) is 1.71. The normalized spacial score (nSPS) is 24.2. The van der Waals surface area contributed by atoms with Gasteiger partial charge in [-0.2, -0.15) is 0 Å². The van der Waals surface area contributed by atoms with Crippen LogP contribution in [0.3, 0.4) is 0 Å². The molecule has 1 aliphatic rings. The average molecular weight is 559 g/mol. The van der Waals surface area contributed by atoms with Gasteiger partial charge in [0.25, 0.3) is 0 Å². The van der Waals surface area contributed by atoms with Crippen molar-refractivity contribution in [2.45, 2.75) is 10.8 Å². The van der Waals surface area contributed by atoms with E-state index in [2.05, 4.69) is 67.8 Å². The highest BCUT2D eigenvalue weighted by Gasteiger charge is 2.51. The van der Waals surface area contributed by atoms with Gasteiger partial charge in [-0.15, -0.1) is 23.2 Å². The lowest BCUT2D eigenvalue weighted by atomic mass is 10.5. The Morgan fingerprint density at radius 2 is 1.92 bits per heavy atom. The van der Waals surface area contributed by atoms with Crippen molar-refractivity contribution in [1.82, 2.24) is 0 Å². The third-order valence-corrected chi connectivity index (χ3v) is 6.85. The Morgan fingerprint density at radius 3 is 2.31 bits per heavy atom. The topological polar surface area (TPSA) is 9.23 Å². The van der Waals surface area contributed by atoms with E-state index in [4.69, 9.17) is 27.9 Å². The molecule has 1 fully saturated rings. The van der Waals surface area contributed by atoms with E-state index in [0.717, 1.165) is 6.42 Å². The fraction of sp³-hybridized carbons (Fsp3) is 0.714. The number of halogens is 5. The van der Waals surface area contributed by atoms with E-state index in [9.17, 15) is 0 Å². The Kier molecular flexibility index (Phi) is 5.93. The number of rotatable bonds is 4. The maximum Gasteiger partial charge on any atom is 0.123 e. The van der Waals surface area contributed by atoms with E-state index in [-0.39, 0.29) is 0 Å². The molecule has 1 atom stereocenters. The minimum absolute atomic E-state index is 0.326. The Labute approximate surface area is 129 Å². The standard InChI is InChI=1S/C7H7Cl2I3O/c8-7(9)1-4(7)2-13-3-5(10)6(11)12/h4H,1-3H2. The molecule has 13 heavy (non-hydrogen) atoms. The van der Waals surface area contributed by atoms with Gasteiger partial charge >= 0.3 is 0 Å². The first-order valence-electron chi connectivity index (χ1n) is 3.58. The first-order chi connectivity index (χ1) is 5.93. The lowest BCUT2D eigenvalue weighted by Gasteiger charge is -2.03. The predicted molar refractivity (Wildman–Crippen MR) is 82.4 cm³/mol. The lowest BCUT2D eigenvalue weighted by molar-refractivity contribution is 0.150. The molecule has 0 amide bonds. The van der Waals surface area contributed by atoms with Gasteiger partial charge < -0.3 is 4.74 Å². The monoisotopic (exact) mass is 558 g/mol. The Morgan fingerprint density at radius 1 is 1.38 bits per heavy atom. The minimum Gasteiger partial charge on any atom is -0.376 e. The summed E-state index contributed by atoms with van der Waals surface area (Å²) < 4.78 is 7.44. The van der Waals surface area contributed by atoms with Crippen molar-refractivity contribution in [2.24, 2.45) is 5.92 Å². The van der Waals surface area contributed by atoms with E-state index in [0.29, 0.717) is 19.1 Å². The second-order valence-corrected chi connectivity index (χ2v) is 9.91. The van der Waals surface area contributed by atoms with Crippen LogP contribution in [0.25, 0.3) is 0 Å². The van der Waals surface area contributed by atoms with Gasteiger partial charge in [0, 0.05) is 9.50 Å². The molecule has 1 saturated carbocycles. The fourth-order valence-electron chi connectivity index (χ4n) is 0.796. The summed E-state index contributed by atoms with van der Waals surface area (Å²) in [7, 11) is 0. The van der Waals surface area contributed by atoms with Gasteiger partial charge in [-0.25, -0.2) is 0 Å². The van der Waals surface area contributed by atoms with E-state index >= 15 is 0 Å². The molecular formula is C7H7Cl2I3O. The number of hydrogen-bond donors (Lipinski definition) is 0. The van der Waals surface area contributed by atoms with Gasteiger partial charge in [0.15, 0.2) is 0 Å². The van der Waals surface area contributed by atoms with Crippen molar-refractivity contribution in [1.29, 1.82) is 0 Å². The molecule has 0 radical (unpaired) electrons. The van der Waals surface area contributed by atoms with E-state index in [1.54, 1.807) is 0 Å². The summed E-state index contributed by atoms with van der Waals surface area (Å²) in [5.74, 6) is 0.326. The van der Waals surface area contributed by atoms with Crippen LogP contribution < -0.4 is 0 Å². The summed E-state index contributed by atoms with van der Waals surface area (Å²) in [5, 5.41) is 0. The molecule has 0 aliphatic heterocycles. The van der Waals surface area contributed by atoms with Crippen LogP contribution >= 0.6 is 91.0 Å². The van der Waals surface area contributed by atoms with Gasteiger partial charge in [0.05, 0.1) is 14.8 Å². The Bertz CT molecular complexity index is 226. The second-order valence-electron chi connectivity index (χ2n) is 2.84. The van der Waals surface area contributed by atoms with Crippen LogP contribution in [0, 0.1) is 5.92 Å². The van der Waals surface area contributed by atoms with Gasteiger partial charge in [-0.3, -0.25) is 0 Å². The zero-order chi connectivity index (χ0) is 10.1. The molecule has 1 nitrogen and oxygen atoms in total. The second kappa shape index (κ2) is 5.70. The van der Waals surface area contributed by atoms with Crippen molar-refractivity contribution in [3.8, 4) is 0 Å². The van der Waals surface area contributed by atoms with Crippen LogP contribution in [0.2, 0.25) is 0 Å². The molecular weight excluding hydrogens is 552 g/mol. The quantitative estimate of drug-likeness (QED) is 0.360. The number of hydrogen-bond acceptors (Lipinski definition) is 1. The van der Waals surface area contributed by atoms with Crippen LogP contribution in [-0.4, -0.2) is 17.5 Å². The predicted octanol–water partition coefficient (Wildman–Crippen LogP) is 4.67. The molecule has 0 bridgehead atoms. The average Bonchev–Trinajstić information content (AvgIpc) is 2.58. The smallest absolute Gasteiger partial charge is 0.123 e. The van der Waals surface area contributed by atoms with Gasteiger partial charge in [-0.05, 0) is 74.2 Å². The zero-order valence-corrected chi connectivity index (χ0v) is 14.5. The summed E-state index contributed by atoms with van der Waals surface area (Å²) in [4.78, 5) is 0. The molecule has 0 aromatic rings. The molecule has 1 unspecified atom stereocenters. The summed E-state index contributed by atoms with van der Waals surface area (Å²) in [6.07, 6.45) is 0.859. The molecule has 0 aromatic heterocycles.